The minimum absolute atomic E-state index is 0.0825. The highest BCUT2D eigenvalue weighted by Crippen LogP contribution is 2.40. The smallest absolute Gasteiger partial charge is 0.230 e. The van der Waals surface area contributed by atoms with Gasteiger partial charge in [0.2, 0.25) is 10.8 Å². The number of thiazole rings is 1. The van der Waals surface area contributed by atoms with Gasteiger partial charge in [0.1, 0.15) is 12.1 Å². The van der Waals surface area contributed by atoms with E-state index in [9.17, 15) is 9.50 Å². The van der Waals surface area contributed by atoms with Gasteiger partial charge in [0.15, 0.2) is 0 Å². The van der Waals surface area contributed by atoms with Crippen LogP contribution < -0.4 is 4.90 Å². The van der Waals surface area contributed by atoms with Gasteiger partial charge in [-0.1, -0.05) is 41.1 Å². The third-order valence-electron chi connectivity index (χ3n) is 5.43. The molecule has 1 aliphatic rings. The Labute approximate surface area is 181 Å². The van der Waals surface area contributed by atoms with Gasteiger partial charge in [-0.3, -0.25) is 4.90 Å². The van der Waals surface area contributed by atoms with E-state index in [0.29, 0.717) is 4.96 Å². The van der Waals surface area contributed by atoms with Gasteiger partial charge in [-0.2, -0.15) is 9.61 Å². The number of hydrogen-bond donors (Lipinski definition) is 1. The third kappa shape index (κ3) is 3.51. The number of fused-ring (bicyclic) bond motifs is 1. The number of nitrogens with zero attached hydrogens (tertiary/aromatic N) is 5. The van der Waals surface area contributed by atoms with Crippen molar-refractivity contribution in [3.8, 4) is 5.88 Å². The molecule has 3 heterocycles. The van der Waals surface area contributed by atoms with E-state index in [1.165, 1.54) is 34.3 Å². The van der Waals surface area contributed by atoms with Crippen LogP contribution in [-0.2, 0) is 0 Å². The fourth-order valence-electron chi connectivity index (χ4n) is 3.96. The molecule has 2 aromatic carbocycles. The summed E-state index contributed by atoms with van der Waals surface area (Å²) in [6.45, 7) is 3.20. The zero-order valence-corrected chi connectivity index (χ0v) is 17.5. The molecule has 0 saturated carbocycles. The highest BCUT2D eigenvalue weighted by atomic mass is 35.5. The molecule has 0 aliphatic carbocycles. The molecule has 1 N–H and O–H groups in total. The average molecular weight is 444 g/mol. The fourth-order valence-corrected chi connectivity index (χ4v) is 5.23. The number of halogens is 2. The monoisotopic (exact) mass is 443 g/mol. The van der Waals surface area contributed by atoms with E-state index >= 15 is 0 Å². The van der Waals surface area contributed by atoms with Crippen LogP contribution in [0.25, 0.3) is 4.96 Å². The van der Waals surface area contributed by atoms with Crippen LogP contribution in [-0.4, -0.2) is 50.8 Å². The minimum atomic E-state index is -0.282. The summed E-state index contributed by atoms with van der Waals surface area (Å²) in [7, 11) is 0. The van der Waals surface area contributed by atoms with Crippen molar-refractivity contribution in [1.82, 2.24) is 19.5 Å². The van der Waals surface area contributed by atoms with Crippen LogP contribution in [0.3, 0.4) is 0 Å². The molecule has 2 aromatic heterocycles. The van der Waals surface area contributed by atoms with Crippen LogP contribution in [0.5, 0.6) is 5.88 Å². The van der Waals surface area contributed by atoms with E-state index < -0.39 is 0 Å². The lowest BCUT2D eigenvalue weighted by atomic mass is 10.0. The number of aromatic hydroxyl groups is 1. The highest BCUT2D eigenvalue weighted by Gasteiger charge is 2.31. The minimum Gasteiger partial charge on any atom is -0.492 e. The largest absolute Gasteiger partial charge is 0.492 e. The van der Waals surface area contributed by atoms with Gasteiger partial charge in [-0.15, -0.1) is 0 Å². The molecule has 9 heteroatoms. The van der Waals surface area contributed by atoms with E-state index in [1.54, 1.807) is 12.1 Å². The molecule has 4 aromatic rings. The second-order valence-electron chi connectivity index (χ2n) is 7.20. The lowest BCUT2D eigenvalue weighted by molar-refractivity contribution is 0.211. The van der Waals surface area contributed by atoms with Gasteiger partial charge in [-0.25, -0.2) is 9.37 Å². The maximum atomic E-state index is 13.6. The molecule has 1 atom stereocenters. The first-order chi connectivity index (χ1) is 14.6. The highest BCUT2D eigenvalue weighted by molar-refractivity contribution is 7.17. The topological polar surface area (TPSA) is 56.9 Å². The number of rotatable bonds is 4. The average Bonchev–Trinajstić information content (AvgIpc) is 3.34. The fraction of sp³-hybridized carbons (Fsp3) is 0.238. The SMILES string of the molecule is Oc1c(C(c2ccc(F)cc2)N2CCN(c3cccc(Cl)c3)CC2)sc2ncnn12. The van der Waals surface area contributed by atoms with Gasteiger partial charge >= 0.3 is 0 Å². The number of anilines is 1. The van der Waals surface area contributed by atoms with E-state index in [1.807, 2.05) is 18.2 Å². The van der Waals surface area contributed by atoms with Crippen molar-refractivity contribution >= 4 is 33.6 Å². The van der Waals surface area contributed by atoms with E-state index in [-0.39, 0.29) is 17.7 Å². The summed E-state index contributed by atoms with van der Waals surface area (Å²) in [5, 5.41) is 15.6. The number of benzene rings is 2. The van der Waals surface area contributed by atoms with Crippen molar-refractivity contribution in [1.29, 1.82) is 0 Å². The molecule has 5 rings (SSSR count). The summed E-state index contributed by atoms with van der Waals surface area (Å²) >= 11 is 7.56. The summed E-state index contributed by atoms with van der Waals surface area (Å²) in [6, 6.07) is 14.1. The van der Waals surface area contributed by atoms with E-state index in [0.717, 1.165) is 47.3 Å². The second-order valence-corrected chi connectivity index (χ2v) is 8.65. The molecule has 0 amide bonds. The number of hydrogen-bond acceptors (Lipinski definition) is 6. The lowest BCUT2D eigenvalue weighted by Gasteiger charge is -2.40. The Balaban J connectivity index is 1.46. The Hall–Kier alpha value is -2.68. The van der Waals surface area contributed by atoms with Crippen molar-refractivity contribution in [3.05, 3.63) is 76.1 Å². The van der Waals surface area contributed by atoms with Crippen LogP contribution in [0.4, 0.5) is 10.1 Å². The first kappa shape index (κ1) is 19.3. The van der Waals surface area contributed by atoms with Crippen molar-refractivity contribution in [3.63, 3.8) is 0 Å². The molecule has 1 aliphatic heterocycles. The lowest BCUT2D eigenvalue weighted by Crippen LogP contribution is -2.47. The molecule has 30 heavy (non-hydrogen) atoms. The summed E-state index contributed by atoms with van der Waals surface area (Å²) < 4.78 is 15.0. The summed E-state index contributed by atoms with van der Waals surface area (Å²) in [4.78, 5) is 10.2. The van der Waals surface area contributed by atoms with E-state index in [4.69, 9.17) is 11.6 Å². The predicted molar refractivity (Wildman–Crippen MR) is 116 cm³/mol. The third-order valence-corrected chi connectivity index (χ3v) is 6.75. The summed E-state index contributed by atoms with van der Waals surface area (Å²) in [5.41, 5.74) is 2.02. The molecule has 1 unspecified atom stereocenters. The molecule has 0 radical (unpaired) electrons. The standard InChI is InChI=1S/C21H19ClFN5OS/c22-15-2-1-3-17(12-15)26-8-10-27(11-9-26)18(14-4-6-16(23)7-5-14)19-20(29)28-21(30-19)24-13-25-28/h1-7,12-13,18,29H,8-11H2. The molecule has 6 nitrogen and oxygen atoms in total. The van der Waals surface area contributed by atoms with Crippen LogP contribution in [0, 0.1) is 5.82 Å². The molecular weight excluding hydrogens is 425 g/mol. The van der Waals surface area contributed by atoms with Gasteiger partial charge < -0.3 is 10.0 Å². The molecule has 0 spiro atoms. The van der Waals surface area contributed by atoms with Crippen molar-refractivity contribution in [2.45, 2.75) is 6.04 Å². The zero-order chi connectivity index (χ0) is 20.7. The molecule has 0 bridgehead atoms. The van der Waals surface area contributed by atoms with E-state index in [2.05, 4.69) is 25.9 Å². The van der Waals surface area contributed by atoms with Crippen molar-refractivity contribution < 1.29 is 9.50 Å². The Morgan fingerprint density at radius 2 is 1.83 bits per heavy atom. The number of piperazine rings is 1. The normalized spacial score (nSPS) is 16.3. The maximum Gasteiger partial charge on any atom is 0.230 e. The Kier molecular flexibility index (Phi) is 5.06. The van der Waals surface area contributed by atoms with Crippen LogP contribution in [0.1, 0.15) is 16.5 Å². The molecule has 1 fully saturated rings. The molecular formula is C21H19ClFN5OS. The Morgan fingerprint density at radius 3 is 2.53 bits per heavy atom. The first-order valence-corrected chi connectivity index (χ1v) is 10.8. The van der Waals surface area contributed by atoms with Gasteiger partial charge in [-0.05, 0) is 35.9 Å². The quantitative estimate of drug-likeness (QED) is 0.512. The van der Waals surface area contributed by atoms with Crippen LogP contribution in [0.2, 0.25) is 5.02 Å². The number of aromatic nitrogens is 3. The van der Waals surface area contributed by atoms with Crippen molar-refractivity contribution in [2.75, 3.05) is 31.1 Å². The predicted octanol–water partition coefficient (Wildman–Crippen LogP) is 4.20. The summed E-state index contributed by atoms with van der Waals surface area (Å²) in [5.74, 6) is -0.200. The van der Waals surface area contributed by atoms with Crippen LogP contribution >= 0.6 is 22.9 Å². The molecule has 1 saturated heterocycles. The Bertz CT molecular complexity index is 1170. The van der Waals surface area contributed by atoms with Crippen molar-refractivity contribution in [2.24, 2.45) is 0 Å². The summed E-state index contributed by atoms with van der Waals surface area (Å²) in [6.07, 6.45) is 1.42. The van der Waals surface area contributed by atoms with Gasteiger partial charge in [0.05, 0.1) is 10.9 Å². The van der Waals surface area contributed by atoms with Gasteiger partial charge in [0.25, 0.3) is 0 Å². The second kappa shape index (κ2) is 7.86. The van der Waals surface area contributed by atoms with Gasteiger partial charge in [0, 0.05) is 36.9 Å². The van der Waals surface area contributed by atoms with Crippen LogP contribution in [0.15, 0.2) is 54.9 Å². The maximum absolute atomic E-state index is 13.6. The first-order valence-electron chi connectivity index (χ1n) is 9.61. The zero-order valence-electron chi connectivity index (χ0n) is 15.9. The Morgan fingerprint density at radius 1 is 1.07 bits per heavy atom. The molecule has 154 valence electrons.